The first kappa shape index (κ1) is 26.4. The first-order valence-electron chi connectivity index (χ1n) is 15.7. The molecule has 5 nitrogen and oxygen atoms in total. The molecule has 0 saturated heterocycles. The van der Waals surface area contributed by atoms with Crippen molar-refractivity contribution in [3.63, 3.8) is 0 Å². The van der Waals surface area contributed by atoms with Crippen molar-refractivity contribution in [2.75, 3.05) is 7.11 Å². The number of methoxy groups -OCH3 is 1. The van der Waals surface area contributed by atoms with Gasteiger partial charge in [0.15, 0.2) is 11.5 Å². The fourth-order valence-corrected chi connectivity index (χ4v) is 8.56. The van der Waals surface area contributed by atoms with Crippen LogP contribution >= 0.6 is 0 Å². The number of nitrogens with zero attached hydrogens (tertiary/aromatic N) is 1. The molecule has 0 amide bonds. The molecule has 9 rings (SSSR count). The average molecular weight is 571 g/mol. The van der Waals surface area contributed by atoms with Crippen LogP contribution in [0.25, 0.3) is 22.4 Å². The molecule has 4 bridgehead atoms. The number of fused-ring (bicyclic) bond motifs is 1. The number of hydrogen-bond acceptors (Lipinski definition) is 4. The van der Waals surface area contributed by atoms with Gasteiger partial charge in [0.1, 0.15) is 24.8 Å². The van der Waals surface area contributed by atoms with Crippen LogP contribution in [0.5, 0.6) is 17.2 Å². The van der Waals surface area contributed by atoms with Crippen LogP contribution in [0.3, 0.4) is 0 Å². The van der Waals surface area contributed by atoms with Gasteiger partial charge in [-0.15, -0.1) is 0 Å². The van der Waals surface area contributed by atoms with Crippen LogP contribution in [0.2, 0.25) is 0 Å². The van der Waals surface area contributed by atoms with E-state index in [0.717, 1.165) is 68.6 Å². The van der Waals surface area contributed by atoms with Gasteiger partial charge in [-0.25, -0.2) is 4.98 Å². The number of H-pyrrole nitrogens is 1. The molecule has 5 aromatic rings. The summed E-state index contributed by atoms with van der Waals surface area (Å²) in [4.78, 5) is 8.61. The van der Waals surface area contributed by atoms with Crippen LogP contribution in [0.15, 0.2) is 91.0 Å². The maximum Gasteiger partial charge on any atom is 0.165 e. The minimum Gasteiger partial charge on any atom is -0.493 e. The molecular weight excluding hydrogens is 532 g/mol. The van der Waals surface area contributed by atoms with Gasteiger partial charge < -0.3 is 19.2 Å². The molecule has 0 unspecified atom stereocenters. The first-order chi connectivity index (χ1) is 21.1. The van der Waals surface area contributed by atoms with Gasteiger partial charge in [0, 0.05) is 17.2 Å². The molecule has 0 radical (unpaired) electrons. The van der Waals surface area contributed by atoms with Crippen LogP contribution in [-0.4, -0.2) is 17.1 Å². The number of nitrogens with one attached hydrogen (secondary N) is 1. The van der Waals surface area contributed by atoms with Gasteiger partial charge in [0.2, 0.25) is 0 Å². The monoisotopic (exact) mass is 570 g/mol. The van der Waals surface area contributed by atoms with Gasteiger partial charge >= 0.3 is 0 Å². The van der Waals surface area contributed by atoms with E-state index in [1.807, 2.05) is 42.5 Å². The molecule has 1 N–H and O–H groups in total. The van der Waals surface area contributed by atoms with E-state index in [0.29, 0.717) is 13.2 Å². The van der Waals surface area contributed by atoms with E-state index in [4.69, 9.17) is 19.2 Å². The highest BCUT2D eigenvalue weighted by atomic mass is 16.5. The van der Waals surface area contributed by atoms with Crippen LogP contribution in [0.4, 0.5) is 0 Å². The molecule has 5 heteroatoms. The van der Waals surface area contributed by atoms with E-state index in [1.165, 1.54) is 44.1 Å². The maximum atomic E-state index is 6.69. The molecule has 4 aromatic carbocycles. The molecule has 0 atom stereocenters. The molecule has 4 saturated carbocycles. The molecule has 4 fully saturated rings. The van der Waals surface area contributed by atoms with Crippen LogP contribution in [0, 0.1) is 17.8 Å². The predicted molar refractivity (Wildman–Crippen MR) is 169 cm³/mol. The molecule has 43 heavy (non-hydrogen) atoms. The Morgan fingerprint density at radius 1 is 0.744 bits per heavy atom. The second kappa shape index (κ2) is 10.8. The molecule has 218 valence electrons. The van der Waals surface area contributed by atoms with Crippen molar-refractivity contribution in [3.05, 3.63) is 108 Å². The molecule has 0 spiro atoms. The largest absolute Gasteiger partial charge is 0.493 e. The molecular formula is C38H38N2O3. The summed E-state index contributed by atoms with van der Waals surface area (Å²) in [5, 5.41) is 0. The zero-order valence-electron chi connectivity index (χ0n) is 24.7. The van der Waals surface area contributed by atoms with Crippen molar-refractivity contribution in [1.82, 2.24) is 9.97 Å². The standard InChI is InChI=1S/C38H38N2O3/c1-41-35-18-30(37-39-33-13-12-31(19-34(33)40-37)42-23-25-8-4-2-5-9-25)17-32(36(35)43-24-26-10-6-3-7-11-26)38-20-27-14-28(21-38)16-29(15-27)22-38/h2-13,17-19,27-29H,14-16,20-24H2,1H3,(H,39,40). The fraction of sp³-hybridized carbons (Fsp3) is 0.342. The zero-order chi connectivity index (χ0) is 28.8. The number of rotatable bonds is 9. The van der Waals surface area contributed by atoms with Crippen molar-refractivity contribution in [1.29, 1.82) is 0 Å². The lowest BCUT2D eigenvalue weighted by molar-refractivity contribution is -0.00660. The van der Waals surface area contributed by atoms with Crippen LogP contribution in [0.1, 0.15) is 55.2 Å². The quantitative estimate of drug-likeness (QED) is 0.192. The van der Waals surface area contributed by atoms with Crippen LogP contribution in [-0.2, 0) is 18.6 Å². The summed E-state index contributed by atoms with van der Waals surface area (Å²) in [6, 6.07) is 31.2. The lowest BCUT2D eigenvalue weighted by atomic mass is 9.48. The zero-order valence-corrected chi connectivity index (χ0v) is 24.7. The second-order valence-corrected chi connectivity index (χ2v) is 13.1. The Kier molecular flexibility index (Phi) is 6.62. The van der Waals surface area contributed by atoms with E-state index in [-0.39, 0.29) is 5.41 Å². The first-order valence-corrected chi connectivity index (χ1v) is 15.7. The summed E-state index contributed by atoms with van der Waals surface area (Å²) < 4.78 is 18.9. The highest BCUT2D eigenvalue weighted by molar-refractivity contribution is 5.81. The smallest absolute Gasteiger partial charge is 0.165 e. The van der Waals surface area contributed by atoms with Gasteiger partial charge in [-0.3, -0.25) is 0 Å². The van der Waals surface area contributed by atoms with E-state index >= 15 is 0 Å². The maximum absolute atomic E-state index is 6.69. The van der Waals surface area contributed by atoms with Gasteiger partial charge in [0.25, 0.3) is 0 Å². The normalized spacial score (nSPS) is 23.9. The molecule has 4 aliphatic carbocycles. The van der Waals surface area contributed by atoms with E-state index < -0.39 is 0 Å². The Hall–Kier alpha value is -4.25. The van der Waals surface area contributed by atoms with Crippen molar-refractivity contribution < 1.29 is 14.2 Å². The lowest BCUT2D eigenvalue weighted by Gasteiger charge is -2.57. The van der Waals surface area contributed by atoms with Crippen molar-refractivity contribution in [2.24, 2.45) is 17.8 Å². The Morgan fingerprint density at radius 2 is 1.37 bits per heavy atom. The van der Waals surface area contributed by atoms with Crippen LogP contribution < -0.4 is 14.2 Å². The van der Waals surface area contributed by atoms with Crippen molar-refractivity contribution in [3.8, 4) is 28.6 Å². The second-order valence-electron chi connectivity index (χ2n) is 13.1. The third-order valence-electron chi connectivity index (χ3n) is 10.1. The summed E-state index contributed by atoms with van der Waals surface area (Å²) in [6.45, 7) is 1.05. The molecule has 4 aliphatic rings. The Labute approximate surface area is 253 Å². The Bertz CT molecular complexity index is 1710. The highest BCUT2D eigenvalue weighted by Gasteiger charge is 2.53. The summed E-state index contributed by atoms with van der Waals surface area (Å²) in [7, 11) is 1.76. The van der Waals surface area contributed by atoms with Gasteiger partial charge in [-0.1, -0.05) is 60.7 Å². The van der Waals surface area contributed by atoms with E-state index in [2.05, 4.69) is 53.5 Å². The highest BCUT2D eigenvalue weighted by Crippen LogP contribution is 2.63. The Balaban J connectivity index is 1.17. The summed E-state index contributed by atoms with van der Waals surface area (Å²) in [6.07, 6.45) is 7.93. The van der Waals surface area contributed by atoms with Gasteiger partial charge in [-0.2, -0.15) is 0 Å². The fourth-order valence-electron chi connectivity index (χ4n) is 8.56. The van der Waals surface area contributed by atoms with E-state index in [9.17, 15) is 0 Å². The number of aromatic nitrogens is 2. The summed E-state index contributed by atoms with van der Waals surface area (Å²) in [5.74, 6) is 5.82. The summed E-state index contributed by atoms with van der Waals surface area (Å²) >= 11 is 0. The van der Waals surface area contributed by atoms with Crippen molar-refractivity contribution >= 4 is 11.0 Å². The van der Waals surface area contributed by atoms with Gasteiger partial charge in [0.05, 0.1) is 18.1 Å². The molecule has 0 aliphatic heterocycles. The molecule has 1 aromatic heterocycles. The Morgan fingerprint density at radius 3 is 2.00 bits per heavy atom. The number of ether oxygens (including phenoxy) is 3. The number of benzene rings is 4. The lowest BCUT2D eigenvalue weighted by Crippen LogP contribution is -2.48. The number of aromatic amines is 1. The number of hydrogen-bond donors (Lipinski definition) is 1. The number of imidazole rings is 1. The van der Waals surface area contributed by atoms with E-state index in [1.54, 1.807) is 7.11 Å². The topological polar surface area (TPSA) is 56.4 Å². The van der Waals surface area contributed by atoms with Gasteiger partial charge in [-0.05, 0) is 97.1 Å². The third-order valence-corrected chi connectivity index (χ3v) is 10.1. The summed E-state index contributed by atoms with van der Waals surface area (Å²) in [5.41, 5.74) is 6.66. The minimum atomic E-state index is 0.133. The SMILES string of the molecule is COc1cc(-c2nc3ccc(OCc4ccccc4)cc3[nH]2)cc(C23CC4CC(CC(C4)C2)C3)c1OCc1ccccc1. The average Bonchev–Trinajstić information content (AvgIpc) is 3.46. The molecule has 1 heterocycles. The minimum absolute atomic E-state index is 0.133. The third kappa shape index (κ3) is 5.05. The van der Waals surface area contributed by atoms with Crippen molar-refractivity contribution in [2.45, 2.75) is 57.2 Å². The predicted octanol–water partition coefficient (Wildman–Crippen LogP) is 8.86.